The van der Waals surface area contributed by atoms with Crippen molar-refractivity contribution in [2.24, 2.45) is 0 Å². The summed E-state index contributed by atoms with van der Waals surface area (Å²) in [6.07, 6.45) is 0. The van der Waals surface area contributed by atoms with Crippen molar-refractivity contribution >= 4 is 50.5 Å². The number of ether oxygens (including phenoxy) is 1. The van der Waals surface area contributed by atoms with Gasteiger partial charge in [0, 0.05) is 5.69 Å². The molecule has 1 heterocycles. The monoisotopic (exact) mass is 388 g/mol. The number of esters is 1. The van der Waals surface area contributed by atoms with Gasteiger partial charge in [0.05, 0.1) is 23.6 Å². The summed E-state index contributed by atoms with van der Waals surface area (Å²) in [4.78, 5) is 23.3. The molecule has 2 N–H and O–H groups in total. The normalized spacial score (nSPS) is 11.1. The molecule has 128 valence electrons. The minimum atomic E-state index is -3.80. The zero-order chi connectivity index (χ0) is 17.7. The van der Waals surface area contributed by atoms with Crippen LogP contribution in [0.2, 0.25) is 4.34 Å². The van der Waals surface area contributed by atoms with E-state index in [1.807, 2.05) is 0 Å². The molecular formula is C14H13ClN2O5S2. The molecule has 24 heavy (non-hydrogen) atoms. The quantitative estimate of drug-likeness (QED) is 0.738. The van der Waals surface area contributed by atoms with Crippen LogP contribution >= 0.6 is 22.9 Å². The number of thiophene rings is 1. The molecule has 0 aliphatic carbocycles. The molecular weight excluding hydrogens is 376 g/mol. The summed E-state index contributed by atoms with van der Waals surface area (Å²) in [5, 5.41) is 2.49. The highest BCUT2D eigenvalue weighted by atomic mass is 35.5. The number of rotatable bonds is 6. The first-order valence-corrected chi connectivity index (χ1v) is 9.23. The van der Waals surface area contributed by atoms with E-state index in [0.29, 0.717) is 10.0 Å². The van der Waals surface area contributed by atoms with Gasteiger partial charge in [-0.3, -0.25) is 4.79 Å². The summed E-state index contributed by atoms with van der Waals surface area (Å²) in [6, 6.07) is 8.91. The van der Waals surface area contributed by atoms with Gasteiger partial charge in [-0.1, -0.05) is 17.7 Å². The average Bonchev–Trinajstić information content (AvgIpc) is 3.00. The second kappa shape index (κ2) is 7.75. The van der Waals surface area contributed by atoms with Gasteiger partial charge >= 0.3 is 5.97 Å². The fourth-order valence-corrected chi connectivity index (χ4v) is 4.23. The van der Waals surface area contributed by atoms with Gasteiger partial charge in [-0.25, -0.2) is 17.9 Å². The van der Waals surface area contributed by atoms with E-state index in [2.05, 4.69) is 14.8 Å². The number of carbonyl (C=O) groups is 2. The van der Waals surface area contributed by atoms with Gasteiger partial charge in [-0.15, -0.1) is 11.3 Å². The average molecular weight is 389 g/mol. The Kier molecular flexibility index (Phi) is 5.94. The summed E-state index contributed by atoms with van der Waals surface area (Å²) >= 11 is 6.59. The summed E-state index contributed by atoms with van der Waals surface area (Å²) in [5.74, 6) is -1.12. The molecule has 0 aliphatic rings. The van der Waals surface area contributed by atoms with Gasteiger partial charge in [0.1, 0.15) is 4.21 Å². The number of hydrogen-bond acceptors (Lipinski definition) is 6. The molecule has 0 radical (unpaired) electrons. The lowest BCUT2D eigenvalue weighted by atomic mass is 10.2. The van der Waals surface area contributed by atoms with Crippen LogP contribution < -0.4 is 10.0 Å². The molecule has 0 bridgehead atoms. The molecule has 1 aromatic carbocycles. The predicted molar refractivity (Wildman–Crippen MR) is 90.9 cm³/mol. The third-order valence-corrected chi connectivity index (χ3v) is 5.93. The van der Waals surface area contributed by atoms with Crippen LogP contribution in [0.4, 0.5) is 5.69 Å². The Morgan fingerprint density at radius 1 is 1.25 bits per heavy atom. The Bertz CT molecular complexity index is 864. The van der Waals surface area contributed by atoms with Crippen molar-refractivity contribution in [2.75, 3.05) is 19.0 Å². The molecule has 10 heteroatoms. The van der Waals surface area contributed by atoms with E-state index >= 15 is 0 Å². The number of halogens is 1. The molecule has 0 spiro atoms. The molecule has 0 unspecified atom stereocenters. The molecule has 7 nitrogen and oxygen atoms in total. The zero-order valence-electron chi connectivity index (χ0n) is 12.4. The lowest BCUT2D eigenvalue weighted by Gasteiger charge is -2.08. The van der Waals surface area contributed by atoms with Crippen LogP contribution in [0.15, 0.2) is 40.6 Å². The molecule has 0 fully saturated rings. The smallest absolute Gasteiger partial charge is 0.337 e. The van der Waals surface area contributed by atoms with Crippen molar-refractivity contribution in [2.45, 2.75) is 4.21 Å². The van der Waals surface area contributed by atoms with E-state index in [0.717, 1.165) is 11.3 Å². The maximum Gasteiger partial charge on any atom is 0.337 e. The first-order chi connectivity index (χ1) is 11.3. The number of amides is 1. The fraction of sp³-hybridized carbons (Fsp3) is 0.143. The van der Waals surface area contributed by atoms with Gasteiger partial charge in [0.15, 0.2) is 0 Å². The maximum absolute atomic E-state index is 12.0. The van der Waals surface area contributed by atoms with Gasteiger partial charge in [-0.2, -0.15) is 0 Å². The first-order valence-electron chi connectivity index (χ1n) is 6.55. The van der Waals surface area contributed by atoms with Crippen LogP contribution in [0.3, 0.4) is 0 Å². The third kappa shape index (κ3) is 4.78. The summed E-state index contributed by atoms with van der Waals surface area (Å²) in [7, 11) is -2.55. The molecule has 0 saturated heterocycles. The number of nitrogens with one attached hydrogen (secondary N) is 2. The predicted octanol–water partition coefficient (Wildman–Crippen LogP) is 2.11. The van der Waals surface area contributed by atoms with Crippen LogP contribution in [0.5, 0.6) is 0 Å². The zero-order valence-corrected chi connectivity index (χ0v) is 14.8. The number of hydrogen-bond donors (Lipinski definition) is 2. The van der Waals surface area contributed by atoms with Gasteiger partial charge in [0.2, 0.25) is 5.91 Å². The van der Waals surface area contributed by atoms with Crippen LogP contribution in [0.25, 0.3) is 0 Å². The van der Waals surface area contributed by atoms with Crippen molar-refractivity contribution in [3.05, 3.63) is 46.3 Å². The van der Waals surface area contributed by atoms with Crippen LogP contribution in [0.1, 0.15) is 10.4 Å². The van der Waals surface area contributed by atoms with E-state index in [4.69, 9.17) is 11.6 Å². The van der Waals surface area contributed by atoms with Crippen molar-refractivity contribution in [3.63, 3.8) is 0 Å². The molecule has 0 aliphatic heterocycles. The third-order valence-electron chi connectivity index (χ3n) is 2.80. The Labute approximate surface area is 147 Å². The summed E-state index contributed by atoms with van der Waals surface area (Å²) in [6.45, 7) is -0.458. The minimum Gasteiger partial charge on any atom is -0.465 e. The lowest BCUT2D eigenvalue weighted by molar-refractivity contribution is -0.115. The number of anilines is 1. The highest BCUT2D eigenvalue weighted by Crippen LogP contribution is 2.25. The van der Waals surface area contributed by atoms with Crippen molar-refractivity contribution in [3.8, 4) is 0 Å². The Morgan fingerprint density at radius 3 is 2.62 bits per heavy atom. The SMILES string of the molecule is COC(=O)c1cccc(NC(=O)CNS(=O)(=O)c2ccc(Cl)s2)c1. The summed E-state index contributed by atoms with van der Waals surface area (Å²) < 4.78 is 31.1. The van der Waals surface area contributed by atoms with Crippen molar-refractivity contribution in [1.29, 1.82) is 0 Å². The topological polar surface area (TPSA) is 102 Å². The fourth-order valence-electron chi connectivity index (χ4n) is 1.72. The van der Waals surface area contributed by atoms with E-state index < -0.39 is 28.4 Å². The van der Waals surface area contributed by atoms with E-state index in [1.165, 1.54) is 31.4 Å². The molecule has 0 saturated carbocycles. The number of benzene rings is 1. The Hall–Kier alpha value is -1.94. The van der Waals surface area contributed by atoms with Crippen molar-refractivity contribution < 1.29 is 22.7 Å². The van der Waals surface area contributed by atoms with Gasteiger partial charge in [-0.05, 0) is 30.3 Å². The number of methoxy groups -OCH3 is 1. The number of sulfonamides is 1. The molecule has 1 aromatic heterocycles. The largest absolute Gasteiger partial charge is 0.465 e. The van der Waals surface area contributed by atoms with Crippen LogP contribution in [-0.4, -0.2) is 33.9 Å². The second-order valence-corrected chi connectivity index (χ2v) is 8.21. The lowest BCUT2D eigenvalue weighted by Crippen LogP contribution is -2.32. The van der Waals surface area contributed by atoms with E-state index in [-0.39, 0.29) is 9.77 Å². The minimum absolute atomic E-state index is 0.0213. The highest BCUT2D eigenvalue weighted by Gasteiger charge is 2.18. The molecule has 0 atom stereocenters. The first kappa shape index (κ1) is 18.4. The Morgan fingerprint density at radius 2 is 2.00 bits per heavy atom. The van der Waals surface area contributed by atoms with Crippen LogP contribution in [0, 0.1) is 0 Å². The maximum atomic E-state index is 12.0. The van der Waals surface area contributed by atoms with E-state index in [1.54, 1.807) is 12.1 Å². The second-order valence-electron chi connectivity index (χ2n) is 4.50. The Balaban J connectivity index is 1.98. The van der Waals surface area contributed by atoms with Gasteiger partial charge in [0.25, 0.3) is 10.0 Å². The van der Waals surface area contributed by atoms with Crippen molar-refractivity contribution in [1.82, 2.24) is 4.72 Å². The van der Waals surface area contributed by atoms with Gasteiger partial charge < -0.3 is 10.1 Å². The van der Waals surface area contributed by atoms with E-state index in [9.17, 15) is 18.0 Å². The number of carbonyl (C=O) groups excluding carboxylic acids is 2. The summed E-state index contributed by atoms with van der Waals surface area (Å²) in [5.41, 5.74) is 0.616. The molecule has 2 rings (SSSR count). The standard InChI is InChI=1S/C14H13ClN2O5S2/c1-22-14(19)9-3-2-4-10(7-9)17-12(18)8-16-24(20,21)13-6-5-11(15)23-13/h2-7,16H,8H2,1H3,(H,17,18). The van der Waals surface area contributed by atoms with Crippen LogP contribution in [-0.2, 0) is 19.6 Å². The molecule has 2 aromatic rings. The highest BCUT2D eigenvalue weighted by molar-refractivity contribution is 7.91. The molecule has 1 amide bonds.